The third-order valence-electron chi connectivity index (χ3n) is 5.55. The van der Waals surface area contributed by atoms with Crippen LogP contribution in [-0.2, 0) is 11.3 Å². The summed E-state index contributed by atoms with van der Waals surface area (Å²) in [4.78, 5) is 31.2. The lowest BCUT2D eigenvalue weighted by molar-refractivity contribution is -0.120. The second-order valence-electron chi connectivity index (χ2n) is 8.12. The molecule has 1 amide bonds. The van der Waals surface area contributed by atoms with Crippen LogP contribution in [-0.4, -0.2) is 21.5 Å². The second kappa shape index (κ2) is 10.1. The molecule has 31 heavy (non-hydrogen) atoms. The standard InChI is InChI=1S/C25H29N3O2S/c1-2-3-4-10-17-28-24(30)20-13-8-9-14-21(20)27-25(28)31-22(18-11-6-5-7-12-18)23(29)26-19-15-16-19/h5-9,11-14,19,22H,2-4,10,15-17H2,1H3,(H,26,29). The minimum Gasteiger partial charge on any atom is -0.352 e. The highest BCUT2D eigenvalue weighted by Crippen LogP contribution is 2.35. The van der Waals surface area contributed by atoms with E-state index in [1.807, 2.05) is 54.6 Å². The number of fused-ring (bicyclic) bond motifs is 1. The van der Waals surface area contributed by atoms with Crippen LogP contribution in [0.1, 0.15) is 56.3 Å². The zero-order chi connectivity index (χ0) is 21.6. The fraction of sp³-hybridized carbons (Fsp3) is 0.400. The maximum absolute atomic E-state index is 13.3. The Balaban J connectivity index is 1.70. The number of rotatable bonds is 10. The van der Waals surface area contributed by atoms with Crippen molar-refractivity contribution in [3.05, 3.63) is 70.5 Å². The number of unbranched alkanes of at least 4 members (excludes halogenated alkanes) is 3. The Labute approximate surface area is 187 Å². The first-order valence-corrected chi connectivity index (χ1v) is 12.1. The maximum Gasteiger partial charge on any atom is 0.262 e. The highest BCUT2D eigenvalue weighted by Gasteiger charge is 2.30. The number of amides is 1. The first kappa shape index (κ1) is 21.6. The first-order chi connectivity index (χ1) is 15.2. The van der Waals surface area contributed by atoms with E-state index in [2.05, 4.69) is 12.2 Å². The van der Waals surface area contributed by atoms with Gasteiger partial charge >= 0.3 is 0 Å². The summed E-state index contributed by atoms with van der Waals surface area (Å²) in [6, 6.07) is 17.5. The molecule has 1 unspecified atom stereocenters. The third-order valence-corrected chi connectivity index (χ3v) is 6.79. The van der Waals surface area contributed by atoms with Gasteiger partial charge in [0.25, 0.3) is 5.56 Å². The lowest BCUT2D eigenvalue weighted by atomic mass is 10.1. The lowest BCUT2D eigenvalue weighted by Crippen LogP contribution is -2.31. The van der Waals surface area contributed by atoms with Crippen molar-refractivity contribution in [2.75, 3.05) is 0 Å². The summed E-state index contributed by atoms with van der Waals surface area (Å²) >= 11 is 1.38. The van der Waals surface area contributed by atoms with Crippen LogP contribution < -0.4 is 10.9 Å². The summed E-state index contributed by atoms with van der Waals surface area (Å²) in [5.41, 5.74) is 1.57. The Hall–Kier alpha value is -2.60. The monoisotopic (exact) mass is 435 g/mol. The van der Waals surface area contributed by atoms with E-state index >= 15 is 0 Å². The molecule has 1 aromatic heterocycles. The number of nitrogens with zero attached hydrogens (tertiary/aromatic N) is 2. The van der Waals surface area contributed by atoms with E-state index in [9.17, 15) is 9.59 Å². The molecule has 5 nitrogen and oxygen atoms in total. The zero-order valence-electron chi connectivity index (χ0n) is 17.9. The van der Waals surface area contributed by atoms with Crippen LogP contribution in [0.15, 0.2) is 64.5 Å². The summed E-state index contributed by atoms with van der Waals surface area (Å²) in [5, 5.41) is 3.92. The highest BCUT2D eigenvalue weighted by atomic mass is 32.2. The van der Waals surface area contributed by atoms with Gasteiger partial charge in [0.2, 0.25) is 5.91 Å². The van der Waals surface area contributed by atoms with E-state index < -0.39 is 5.25 Å². The van der Waals surface area contributed by atoms with Gasteiger partial charge in [-0.2, -0.15) is 0 Å². The van der Waals surface area contributed by atoms with Gasteiger partial charge in [-0.05, 0) is 37.0 Å². The molecule has 1 saturated carbocycles. The Morgan fingerprint density at radius 3 is 2.58 bits per heavy atom. The SMILES string of the molecule is CCCCCCn1c(SC(C(=O)NC2CC2)c2ccccc2)nc2ccccc2c1=O. The molecule has 0 bridgehead atoms. The average molecular weight is 436 g/mol. The molecule has 0 radical (unpaired) electrons. The van der Waals surface area contributed by atoms with Crippen molar-refractivity contribution in [2.24, 2.45) is 0 Å². The van der Waals surface area contributed by atoms with Gasteiger partial charge in [-0.3, -0.25) is 14.2 Å². The normalized spacial score (nSPS) is 14.5. The summed E-state index contributed by atoms with van der Waals surface area (Å²) < 4.78 is 1.77. The van der Waals surface area contributed by atoms with Crippen molar-refractivity contribution in [3.63, 3.8) is 0 Å². The summed E-state index contributed by atoms with van der Waals surface area (Å²) in [5.74, 6) is -0.0151. The smallest absolute Gasteiger partial charge is 0.262 e. The van der Waals surface area contributed by atoms with E-state index in [1.54, 1.807) is 4.57 Å². The van der Waals surface area contributed by atoms with Crippen molar-refractivity contribution >= 4 is 28.6 Å². The minimum atomic E-state index is -0.447. The maximum atomic E-state index is 13.3. The lowest BCUT2D eigenvalue weighted by Gasteiger charge is -2.19. The van der Waals surface area contributed by atoms with Gasteiger partial charge in [0.15, 0.2) is 5.16 Å². The molecule has 0 aliphatic heterocycles. The number of aromatic nitrogens is 2. The van der Waals surface area contributed by atoms with Crippen LogP contribution >= 0.6 is 11.8 Å². The summed E-state index contributed by atoms with van der Waals surface area (Å²) in [6.07, 6.45) is 6.36. The number of hydrogen-bond acceptors (Lipinski definition) is 4. The molecule has 0 spiro atoms. The molecule has 1 atom stereocenters. The van der Waals surface area contributed by atoms with Crippen LogP contribution in [0.4, 0.5) is 0 Å². The van der Waals surface area contributed by atoms with Gasteiger partial charge in [0, 0.05) is 12.6 Å². The number of benzene rings is 2. The number of carbonyl (C=O) groups is 1. The van der Waals surface area contributed by atoms with Gasteiger partial charge in [-0.1, -0.05) is 80.4 Å². The first-order valence-electron chi connectivity index (χ1n) is 11.2. The molecule has 1 N–H and O–H groups in total. The third kappa shape index (κ3) is 5.37. The molecule has 3 aromatic rings. The number of nitrogens with one attached hydrogen (secondary N) is 1. The fourth-order valence-corrected chi connectivity index (χ4v) is 4.77. The second-order valence-corrected chi connectivity index (χ2v) is 9.19. The molecule has 1 aliphatic carbocycles. The molecule has 6 heteroatoms. The van der Waals surface area contributed by atoms with Crippen molar-refractivity contribution in [1.82, 2.24) is 14.9 Å². The number of thioether (sulfide) groups is 1. The molecular weight excluding hydrogens is 406 g/mol. The molecule has 1 aliphatic rings. The number of para-hydroxylation sites is 1. The van der Waals surface area contributed by atoms with Gasteiger partial charge in [0.05, 0.1) is 10.9 Å². The Morgan fingerprint density at radius 2 is 1.84 bits per heavy atom. The average Bonchev–Trinajstić information content (AvgIpc) is 3.61. The zero-order valence-corrected chi connectivity index (χ0v) is 18.7. The van der Waals surface area contributed by atoms with Crippen molar-refractivity contribution in [1.29, 1.82) is 0 Å². The largest absolute Gasteiger partial charge is 0.352 e. The Morgan fingerprint density at radius 1 is 1.10 bits per heavy atom. The molecule has 162 valence electrons. The van der Waals surface area contributed by atoms with Crippen LogP contribution in [0.2, 0.25) is 0 Å². The van der Waals surface area contributed by atoms with Crippen molar-refractivity contribution in [2.45, 2.75) is 68.4 Å². The predicted octanol–water partition coefficient (Wildman–Crippen LogP) is 5.09. The van der Waals surface area contributed by atoms with Gasteiger partial charge in [-0.25, -0.2) is 4.98 Å². The van der Waals surface area contributed by atoms with Crippen molar-refractivity contribution in [3.8, 4) is 0 Å². The van der Waals surface area contributed by atoms with Gasteiger partial charge in [-0.15, -0.1) is 0 Å². The number of carbonyl (C=O) groups excluding carboxylic acids is 1. The van der Waals surface area contributed by atoms with E-state index in [-0.39, 0.29) is 17.5 Å². The predicted molar refractivity (Wildman–Crippen MR) is 126 cm³/mol. The molecule has 1 fully saturated rings. The Bertz CT molecular complexity index is 1090. The van der Waals surface area contributed by atoms with Crippen molar-refractivity contribution < 1.29 is 4.79 Å². The van der Waals surface area contributed by atoms with Gasteiger partial charge in [0.1, 0.15) is 5.25 Å². The molecule has 0 saturated heterocycles. The highest BCUT2D eigenvalue weighted by molar-refractivity contribution is 8.00. The van der Waals surface area contributed by atoms with Crippen LogP contribution in [0.3, 0.4) is 0 Å². The van der Waals surface area contributed by atoms with Crippen LogP contribution in [0.5, 0.6) is 0 Å². The van der Waals surface area contributed by atoms with E-state index in [0.29, 0.717) is 22.6 Å². The summed E-state index contributed by atoms with van der Waals surface area (Å²) in [6.45, 7) is 2.79. The Kier molecular flexibility index (Phi) is 7.07. The molecule has 4 rings (SSSR count). The topological polar surface area (TPSA) is 64.0 Å². The quantitative estimate of drug-likeness (QED) is 0.274. The summed E-state index contributed by atoms with van der Waals surface area (Å²) in [7, 11) is 0. The molecule has 1 heterocycles. The van der Waals surface area contributed by atoms with Crippen LogP contribution in [0.25, 0.3) is 10.9 Å². The molecular formula is C25H29N3O2S. The van der Waals surface area contributed by atoms with E-state index in [4.69, 9.17) is 4.98 Å². The van der Waals surface area contributed by atoms with E-state index in [0.717, 1.165) is 44.1 Å². The van der Waals surface area contributed by atoms with E-state index in [1.165, 1.54) is 11.8 Å². The number of hydrogen-bond donors (Lipinski definition) is 1. The minimum absolute atomic E-state index is 0.0151. The van der Waals surface area contributed by atoms with Crippen LogP contribution in [0, 0.1) is 0 Å². The fourth-order valence-electron chi connectivity index (χ4n) is 3.64. The molecule has 2 aromatic carbocycles. The van der Waals surface area contributed by atoms with Gasteiger partial charge < -0.3 is 5.32 Å².